The van der Waals surface area contributed by atoms with E-state index in [0.29, 0.717) is 5.69 Å². The van der Waals surface area contributed by atoms with Crippen LogP contribution >= 0.6 is 0 Å². The number of nitrogens with zero attached hydrogens (tertiary/aromatic N) is 2. The number of para-hydroxylation sites is 1. The van der Waals surface area contributed by atoms with Crippen molar-refractivity contribution in [1.82, 2.24) is 9.55 Å². The zero-order chi connectivity index (χ0) is 15.1. The summed E-state index contributed by atoms with van der Waals surface area (Å²) in [6.45, 7) is 0. The van der Waals surface area contributed by atoms with E-state index < -0.39 is 0 Å². The molecule has 2 aromatic heterocycles. The third kappa shape index (κ3) is 1.76. The number of carbonyl (C=O) groups excluding carboxylic acids is 1. The van der Waals surface area contributed by atoms with Gasteiger partial charge in [-0.3, -0.25) is 4.79 Å². The van der Waals surface area contributed by atoms with E-state index in [1.165, 1.54) is 0 Å². The molecule has 0 N–H and O–H groups in total. The van der Waals surface area contributed by atoms with Crippen LogP contribution in [-0.2, 0) is 7.05 Å². The van der Waals surface area contributed by atoms with Crippen LogP contribution in [0.15, 0.2) is 60.7 Å². The summed E-state index contributed by atoms with van der Waals surface area (Å²) in [6.07, 6.45) is 0.813. The van der Waals surface area contributed by atoms with Crippen molar-refractivity contribution in [3.8, 4) is 11.3 Å². The molecule has 3 nitrogen and oxygen atoms in total. The summed E-state index contributed by atoms with van der Waals surface area (Å²) in [4.78, 5) is 15.9. The summed E-state index contributed by atoms with van der Waals surface area (Å²) in [5.41, 5.74) is 4.52. The monoisotopic (exact) mass is 286 g/mol. The molecular weight excluding hydrogens is 272 g/mol. The Morgan fingerprint density at radius 2 is 1.68 bits per heavy atom. The fourth-order valence-corrected chi connectivity index (χ4v) is 3.07. The Balaban J connectivity index is 2.22. The lowest BCUT2D eigenvalue weighted by molar-refractivity contribution is 0.111. The summed E-state index contributed by atoms with van der Waals surface area (Å²) in [7, 11) is 2.04. The molecule has 3 heteroatoms. The maximum absolute atomic E-state index is 11.3. The summed E-state index contributed by atoms with van der Waals surface area (Å²) in [6, 6.07) is 20.1. The zero-order valence-electron chi connectivity index (χ0n) is 12.2. The van der Waals surface area contributed by atoms with E-state index in [4.69, 9.17) is 0 Å². The molecule has 2 heterocycles. The second-order valence-electron chi connectivity index (χ2n) is 5.35. The molecular formula is C19H14N2O. The van der Waals surface area contributed by atoms with Crippen LogP contribution in [0.2, 0.25) is 0 Å². The lowest BCUT2D eigenvalue weighted by atomic mass is 10.1. The van der Waals surface area contributed by atoms with Gasteiger partial charge in [0.2, 0.25) is 0 Å². The number of carbonyl (C=O) groups is 1. The van der Waals surface area contributed by atoms with Crippen molar-refractivity contribution < 1.29 is 4.79 Å². The van der Waals surface area contributed by atoms with Crippen LogP contribution < -0.4 is 0 Å². The number of rotatable bonds is 2. The lowest BCUT2D eigenvalue weighted by Gasteiger charge is -2.07. The van der Waals surface area contributed by atoms with Crippen molar-refractivity contribution in [2.24, 2.45) is 7.05 Å². The molecule has 0 aliphatic carbocycles. The zero-order valence-corrected chi connectivity index (χ0v) is 12.2. The number of aryl methyl sites for hydroxylation is 1. The molecule has 0 saturated carbocycles. The highest BCUT2D eigenvalue weighted by molar-refractivity contribution is 6.12. The fraction of sp³-hybridized carbons (Fsp3) is 0.0526. The smallest absolute Gasteiger partial charge is 0.168 e. The Hall–Kier alpha value is -2.94. The van der Waals surface area contributed by atoms with Gasteiger partial charge >= 0.3 is 0 Å². The first-order valence-electron chi connectivity index (χ1n) is 7.18. The van der Waals surface area contributed by atoms with Crippen LogP contribution in [0.3, 0.4) is 0 Å². The minimum Gasteiger partial charge on any atom is -0.342 e. The number of aldehydes is 1. The summed E-state index contributed by atoms with van der Waals surface area (Å²) in [5, 5.41) is 2.21. The fourth-order valence-electron chi connectivity index (χ4n) is 3.07. The standard InChI is InChI=1S/C19H14N2O/c1-21-17-10-6-5-9-15(17)16-11-14(12-22)20-18(19(16)21)13-7-3-2-4-8-13/h2-12H,1H3. The number of hydrogen-bond donors (Lipinski definition) is 0. The topological polar surface area (TPSA) is 34.9 Å². The van der Waals surface area contributed by atoms with E-state index in [-0.39, 0.29) is 0 Å². The van der Waals surface area contributed by atoms with E-state index >= 15 is 0 Å². The van der Waals surface area contributed by atoms with Crippen LogP contribution in [0.5, 0.6) is 0 Å². The van der Waals surface area contributed by atoms with Crippen molar-refractivity contribution in [3.63, 3.8) is 0 Å². The molecule has 0 saturated heterocycles. The van der Waals surface area contributed by atoms with Crippen LogP contribution in [0, 0.1) is 0 Å². The number of fused-ring (bicyclic) bond motifs is 3. The molecule has 4 rings (SSSR count). The molecule has 0 radical (unpaired) electrons. The SMILES string of the molecule is Cn1c2ccccc2c2cc(C=O)nc(-c3ccccc3)c21. The molecule has 0 unspecified atom stereocenters. The van der Waals surface area contributed by atoms with Crippen molar-refractivity contribution in [2.45, 2.75) is 0 Å². The Bertz CT molecular complexity index is 1000. The van der Waals surface area contributed by atoms with Gasteiger partial charge in [0, 0.05) is 28.9 Å². The van der Waals surface area contributed by atoms with Crippen molar-refractivity contribution in [3.05, 3.63) is 66.4 Å². The molecule has 0 amide bonds. The maximum Gasteiger partial charge on any atom is 0.168 e. The van der Waals surface area contributed by atoms with Gasteiger partial charge in [0.25, 0.3) is 0 Å². The van der Waals surface area contributed by atoms with Gasteiger partial charge in [-0.1, -0.05) is 48.5 Å². The van der Waals surface area contributed by atoms with Gasteiger partial charge in [-0.2, -0.15) is 0 Å². The Morgan fingerprint density at radius 3 is 2.45 bits per heavy atom. The molecule has 0 atom stereocenters. The van der Waals surface area contributed by atoms with E-state index in [1.807, 2.05) is 55.6 Å². The quantitative estimate of drug-likeness (QED) is 0.517. The number of aromatic nitrogens is 2. The van der Waals surface area contributed by atoms with Crippen molar-refractivity contribution in [1.29, 1.82) is 0 Å². The minimum absolute atomic E-state index is 0.461. The van der Waals surface area contributed by atoms with Gasteiger partial charge in [0.05, 0.1) is 11.2 Å². The predicted octanol–water partition coefficient (Wildman–Crippen LogP) is 4.21. The Morgan fingerprint density at radius 1 is 0.955 bits per heavy atom. The largest absolute Gasteiger partial charge is 0.342 e. The highest BCUT2D eigenvalue weighted by Gasteiger charge is 2.15. The number of pyridine rings is 1. The average Bonchev–Trinajstić information content (AvgIpc) is 2.88. The van der Waals surface area contributed by atoms with Crippen LogP contribution in [0.25, 0.3) is 33.1 Å². The summed E-state index contributed by atoms with van der Waals surface area (Å²) >= 11 is 0. The predicted molar refractivity (Wildman–Crippen MR) is 89.0 cm³/mol. The molecule has 4 aromatic rings. The highest BCUT2D eigenvalue weighted by atomic mass is 16.1. The summed E-state index contributed by atoms with van der Waals surface area (Å²) < 4.78 is 2.15. The van der Waals surface area contributed by atoms with Gasteiger partial charge < -0.3 is 4.57 Å². The highest BCUT2D eigenvalue weighted by Crippen LogP contribution is 2.34. The second-order valence-corrected chi connectivity index (χ2v) is 5.35. The van der Waals surface area contributed by atoms with Gasteiger partial charge in [-0.15, -0.1) is 0 Å². The number of hydrogen-bond acceptors (Lipinski definition) is 2. The first kappa shape index (κ1) is 12.8. The van der Waals surface area contributed by atoms with Crippen molar-refractivity contribution >= 4 is 28.1 Å². The lowest BCUT2D eigenvalue weighted by Crippen LogP contribution is -1.96. The van der Waals surface area contributed by atoms with Crippen LogP contribution in [-0.4, -0.2) is 15.8 Å². The van der Waals surface area contributed by atoms with E-state index in [2.05, 4.69) is 21.7 Å². The minimum atomic E-state index is 0.461. The molecule has 0 fully saturated rings. The molecule has 0 spiro atoms. The third-order valence-electron chi connectivity index (χ3n) is 4.07. The average molecular weight is 286 g/mol. The normalized spacial score (nSPS) is 11.1. The number of benzene rings is 2. The van der Waals surface area contributed by atoms with Crippen LogP contribution in [0.4, 0.5) is 0 Å². The molecule has 2 aromatic carbocycles. The molecule has 0 bridgehead atoms. The second kappa shape index (κ2) is 4.81. The van der Waals surface area contributed by atoms with E-state index in [0.717, 1.165) is 39.3 Å². The molecule has 0 aliphatic rings. The molecule has 0 aliphatic heterocycles. The first-order chi connectivity index (χ1) is 10.8. The third-order valence-corrected chi connectivity index (χ3v) is 4.07. The van der Waals surface area contributed by atoms with Gasteiger partial charge in [-0.05, 0) is 12.1 Å². The van der Waals surface area contributed by atoms with Crippen LogP contribution in [0.1, 0.15) is 10.5 Å². The van der Waals surface area contributed by atoms with E-state index in [9.17, 15) is 4.79 Å². The van der Waals surface area contributed by atoms with E-state index in [1.54, 1.807) is 0 Å². The molecule has 22 heavy (non-hydrogen) atoms. The van der Waals surface area contributed by atoms with Gasteiger partial charge in [0.1, 0.15) is 5.69 Å². The summed E-state index contributed by atoms with van der Waals surface area (Å²) in [5.74, 6) is 0. The van der Waals surface area contributed by atoms with Gasteiger partial charge in [0.15, 0.2) is 6.29 Å². The maximum atomic E-state index is 11.3. The Labute approximate surface area is 127 Å². The first-order valence-corrected chi connectivity index (χ1v) is 7.18. The van der Waals surface area contributed by atoms with Crippen molar-refractivity contribution in [2.75, 3.05) is 0 Å². The van der Waals surface area contributed by atoms with Gasteiger partial charge in [-0.25, -0.2) is 4.98 Å². The molecule has 106 valence electrons. The Kier molecular flexibility index (Phi) is 2.79.